The molecule has 3 aromatic rings. The van der Waals surface area contributed by atoms with Gasteiger partial charge < -0.3 is 19.9 Å². The van der Waals surface area contributed by atoms with Gasteiger partial charge in [-0.25, -0.2) is 9.78 Å². The fourth-order valence-electron chi connectivity index (χ4n) is 4.55. The van der Waals surface area contributed by atoms with Crippen LogP contribution >= 0.6 is 0 Å². The first-order valence-electron chi connectivity index (χ1n) is 11.6. The number of nitrogens with zero attached hydrogens (tertiary/aromatic N) is 4. The molecule has 3 heterocycles. The number of carbonyl (C=O) groups excluding carboxylic acids is 1. The lowest BCUT2D eigenvalue weighted by Crippen LogP contribution is -2.53. The van der Waals surface area contributed by atoms with Gasteiger partial charge in [0.05, 0.1) is 23.7 Å². The number of urea groups is 1. The normalized spacial score (nSPS) is 18.6. The van der Waals surface area contributed by atoms with Crippen molar-refractivity contribution in [3.05, 3.63) is 70.5 Å². The molecule has 0 unspecified atom stereocenters. The van der Waals surface area contributed by atoms with Crippen LogP contribution in [0, 0.1) is 0 Å². The molecule has 2 aliphatic rings. The van der Waals surface area contributed by atoms with Gasteiger partial charge in [0, 0.05) is 39.3 Å². The molecular weight excluding hydrogens is 418 g/mol. The largest absolute Gasteiger partial charge is 0.376 e. The first-order valence-corrected chi connectivity index (χ1v) is 11.6. The zero-order valence-corrected chi connectivity index (χ0v) is 18.7. The number of hydrogen-bond acceptors (Lipinski definition) is 5. The zero-order chi connectivity index (χ0) is 22.6. The molecule has 0 spiro atoms. The number of anilines is 1. The maximum atomic E-state index is 13.5. The second-order valence-corrected chi connectivity index (χ2v) is 8.60. The van der Waals surface area contributed by atoms with Gasteiger partial charge in [0.2, 0.25) is 0 Å². The van der Waals surface area contributed by atoms with E-state index in [1.54, 1.807) is 9.47 Å². The minimum absolute atomic E-state index is 0.0712. The molecular formula is C25H29N5O3. The minimum Gasteiger partial charge on any atom is -0.376 e. The first kappa shape index (κ1) is 21.5. The van der Waals surface area contributed by atoms with Crippen LogP contribution < -0.4 is 15.8 Å². The van der Waals surface area contributed by atoms with Crippen LogP contribution in [0.5, 0.6) is 0 Å². The summed E-state index contributed by atoms with van der Waals surface area (Å²) in [6.07, 6.45) is 2.18. The zero-order valence-electron chi connectivity index (χ0n) is 18.7. The van der Waals surface area contributed by atoms with Gasteiger partial charge >= 0.3 is 6.03 Å². The number of rotatable bonds is 5. The van der Waals surface area contributed by atoms with Crippen molar-refractivity contribution < 1.29 is 9.53 Å². The van der Waals surface area contributed by atoms with E-state index < -0.39 is 0 Å². The van der Waals surface area contributed by atoms with E-state index in [9.17, 15) is 9.59 Å². The molecule has 2 saturated heterocycles. The lowest BCUT2D eigenvalue weighted by Gasteiger charge is -2.35. The molecule has 8 nitrogen and oxygen atoms in total. The summed E-state index contributed by atoms with van der Waals surface area (Å²) in [4.78, 5) is 34.6. The van der Waals surface area contributed by atoms with Crippen LogP contribution in [0.2, 0.25) is 0 Å². The van der Waals surface area contributed by atoms with Crippen LogP contribution in [0.25, 0.3) is 11.0 Å². The number of carbonyl (C=O) groups is 1. The highest BCUT2D eigenvalue weighted by Crippen LogP contribution is 2.17. The van der Waals surface area contributed by atoms with E-state index in [0.29, 0.717) is 45.1 Å². The number of aromatic nitrogens is 2. The maximum absolute atomic E-state index is 13.5. The molecule has 0 saturated carbocycles. The highest BCUT2D eigenvalue weighted by molar-refractivity contribution is 5.77. The van der Waals surface area contributed by atoms with E-state index in [4.69, 9.17) is 9.72 Å². The molecule has 8 heteroatoms. The average molecular weight is 448 g/mol. The average Bonchev–Trinajstić information content (AvgIpc) is 3.39. The Kier molecular flexibility index (Phi) is 6.26. The minimum atomic E-state index is -0.103. The van der Waals surface area contributed by atoms with Gasteiger partial charge in [-0.15, -0.1) is 0 Å². The molecule has 2 amide bonds. The molecule has 1 N–H and O–H groups in total. The third-order valence-electron chi connectivity index (χ3n) is 6.39. The van der Waals surface area contributed by atoms with E-state index in [1.807, 2.05) is 59.5 Å². The topological polar surface area (TPSA) is 79.7 Å². The Morgan fingerprint density at radius 2 is 1.79 bits per heavy atom. The fraction of sp³-hybridized carbons (Fsp3) is 0.400. The van der Waals surface area contributed by atoms with Crippen LogP contribution in [-0.2, 0) is 11.3 Å². The van der Waals surface area contributed by atoms with Gasteiger partial charge in [-0.3, -0.25) is 9.36 Å². The maximum Gasteiger partial charge on any atom is 0.317 e. The lowest BCUT2D eigenvalue weighted by atomic mass is 10.2. The summed E-state index contributed by atoms with van der Waals surface area (Å²) < 4.78 is 7.38. The summed E-state index contributed by atoms with van der Waals surface area (Å²) in [5.41, 5.74) is 2.57. The van der Waals surface area contributed by atoms with E-state index in [2.05, 4.69) is 5.32 Å². The molecule has 1 aromatic heterocycles. The summed E-state index contributed by atoms with van der Waals surface area (Å²) >= 11 is 0. The summed E-state index contributed by atoms with van der Waals surface area (Å²) in [6.45, 7) is 4.04. The summed E-state index contributed by atoms with van der Waals surface area (Å²) in [7, 11) is 0. The van der Waals surface area contributed by atoms with Crippen LogP contribution in [0.4, 0.5) is 10.6 Å². The molecule has 2 aromatic carbocycles. The highest BCUT2D eigenvalue weighted by atomic mass is 16.5. The molecule has 0 radical (unpaired) electrons. The van der Waals surface area contributed by atoms with Crippen molar-refractivity contribution in [2.24, 2.45) is 0 Å². The van der Waals surface area contributed by atoms with Crippen LogP contribution in [0.1, 0.15) is 18.4 Å². The Morgan fingerprint density at radius 3 is 2.55 bits per heavy atom. The van der Waals surface area contributed by atoms with Gasteiger partial charge in [0.25, 0.3) is 5.56 Å². The molecule has 0 bridgehead atoms. The highest BCUT2D eigenvalue weighted by Gasteiger charge is 2.25. The van der Waals surface area contributed by atoms with Gasteiger partial charge in [-0.2, -0.15) is 0 Å². The van der Waals surface area contributed by atoms with Gasteiger partial charge in [0.15, 0.2) is 5.82 Å². The van der Waals surface area contributed by atoms with E-state index >= 15 is 0 Å². The third kappa shape index (κ3) is 4.71. The van der Waals surface area contributed by atoms with Crippen LogP contribution in [0.15, 0.2) is 59.4 Å². The number of para-hydroxylation sites is 2. The molecule has 2 aliphatic heterocycles. The standard InChI is InChI=1S/C25H29N5O3/c31-24-23(28-12-14-29(15-13-28)25(32)26-17-20-9-6-16-33-20)27-21-10-4-5-11-22(21)30(24)18-19-7-2-1-3-8-19/h1-5,7-8,10-11,20H,6,9,12-18H2,(H,26,32)/t20-/m1/s1. The Labute approximate surface area is 192 Å². The Morgan fingerprint density at radius 1 is 1.03 bits per heavy atom. The van der Waals surface area contributed by atoms with Crippen molar-refractivity contribution in [2.45, 2.75) is 25.5 Å². The van der Waals surface area contributed by atoms with Gasteiger partial charge in [-0.1, -0.05) is 42.5 Å². The quantitative estimate of drug-likeness (QED) is 0.650. The monoisotopic (exact) mass is 447 g/mol. The molecule has 1 atom stereocenters. The third-order valence-corrected chi connectivity index (χ3v) is 6.39. The number of benzene rings is 2. The molecule has 2 fully saturated rings. The van der Waals surface area contributed by atoms with E-state index in [-0.39, 0.29) is 17.7 Å². The number of hydrogen-bond donors (Lipinski definition) is 1. The number of fused-ring (bicyclic) bond motifs is 1. The smallest absolute Gasteiger partial charge is 0.317 e. The lowest BCUT2D eigenvalue weighted by molar-refractivity contribution is 0.108. The van der Waals surface area contributed by atoms with E-state index in [1.165, 1.54) is 0 Å². The van der Waals surface area contributed by atoms with Crippen molar-refractivity contribution in [3.63, 3.8) is 0 Å². The Bertz CT molecular complexity index is 1170. The Hall–Kier alpha value is -3.39. The summed E-state index contributed by atoms with van der Waals surface area (Å²) in [6, 6.07) is 17.6. The van der Waals surface area contributed by atoms with E-state index in [0.717, 1.165) is 36.0 Å². The Balaban J connectivity index is 1.32. The second-order valence-electron chi connectivity index (χ2n) is 8.60. The molecule has 5 rings (SSSR count). The number of amides is 2. The second kappa shape index (κ2) is 9.62. The van der Waals surface area contributed by atoms with Gasteiger partial charge in [0.1, 0.15) is 0 Å². The fourth-order valence-corrected chi connectivity index (χ4v) is 4.55. The number of nitrogens with one attached hydrogen (secondary N) is 1. The summed E-state index contributed by atoms with van der Waals surface area (Å²) in [5, 5.41) is 2.98. The number of piperazine rings is 1. The first-order chi connectivity index (χ1) is 16.2. The van der Waals surface area contributed by atoms with Crippen molar-refractivity contribution in [3.8, 4) is 0 Å². The van der Waals surface area contributed by atoms with Crippen molar-refractivity contribution in [1.82, 2.24) is 19.8 Å². The molecule has 33 heavy (non-hydrogen) atoms. The van der Waals surface area contributed by atoms with Gasteiger partial charge in [-0.05, 0) is 30.5 Å². The molecule has 172 valence electrons. The van der Waals surface area contributed by atoms with Crippen molar-refractivity contribution >= 4 is 22.9 Å². The molecule has 0 aliphatic carbocycles. The van der Waals surface area contributed by atoms with Crippen molar-refractivity contribution in [1.29, 1.82) is 0 Å². The SMILES string of the molecule is O=C(NC[C@H]1CCCO1)N1CCN(c2nc3ccccc3n(Cc3ccccc3)c2=O)CC1. The predicted molar refractivity (Wildman–Crippen MR) is 128 cm³/mol. The van der Waals surface area contributed by atoms with Crippen molar-refractivity contribution in [2.75, 3.05) is 44.2 Å². The van der Waals surface area contributed by atoms with Crippen LogP contribution in [0.3, 0.4) is 0 Å². The predicted octanol–water partition coefficient (Wildman–Crippen LogP) is 2.46. The number of ether oxygens (including phenoxy) is 1. The van der Waals surface area contributed by atoms with Crippen LogP contribution in [-0.4, -0.2) is 65.9 Å². The summed E-state index contributed by atoms with van der Waals surface area (Å²) in [5.74, 6) is 0.448.